The second-order valence-corrected chi connectivity index (χ2v) is 4.01. The molecule has 90 valence electrons. The van der Waals surface area contributed by atoms with Gasteiger partial charge in [-0.2, -0.15) is 0 Å². The summed E-state index contributed by atoms with van der Waals surface area (Å²) in [4.78, 5) is 0. The SMILES string of the molecule is COC(CNCC1COC(C)(C)O1)OC. The Balaban J connectivity index is 2.11. The maximum Gasteiger partial charge on any atom is 0.169 e. The molecule has 1 atom stereocenters. The van der Waals surface area contributed by atoms with Crippen molar-refractivity contribution >= 4 is 0 Å². The molecule has 1 aliphatic heterocycles. The van der Waals surface area contributed by atoms with Gasteiger partial charge >= 0.3 is 0 Å². The zero-order valence-corrected chi connectivity index (χ0v) is 9.91. The van der Waals surface area contributed by atoms with E-state index in [2.05, 4.69) is 5.32 Å². The molecule has 0 aromatic rings. The summed E-state index contributed by atoms with van der Waals surface area (Å²) in [7, 11) is 3.24. The average Bonchev–Trinajstić information content (AvgIpc) is 2.53. The summed E-state index contributed by atoms with van der Waals surface area (Å²) in [6.07, 6.45) is -0.102. The Morgan fingerprint density at radius 2 is 2.07 bits per heavy atom. The first-order valence-electron chi connectivity index (χ1n) is 5.15. The predicted octanol–water partition coefficient (Wildman–Crippen LogP) is 0.346. The lowest BCUT2D eigenvalue weighted by Gasteiger charge is -2.18. The van der Waals surface area contributed by atoms with Crippen LogP contribution in [0, 0.1) is 0 Å². The van der Waals surface area contributed by atoms with Crippen molar-refractivity contribution in [3.63, 3.8) is 0 Å². The quantitative estimate of drug-likeness (QED) is 0.653. The summed E-state index contributed by atoms with van der Waals surface area (Å²) in [6.45, 7) is 5.85. The molecular weight excluding hydrogens is 198 g/mol. The molecular formula is C10H21NO4. The van der Waals surface area contributed by atoms with E-state index in [4.69, 9.17) is 18.9 Å². The summed E-state index contributed by atoms with van der Waals surface area (Å²) in [5, 5.41) is 3.21. The second-order valence-electron chi connectivity index (χ2n) is 4.01. The normalized spacial score (nSPS) is 25.0. The van der Waals surface area contributed by atoms with Crippen LogP contribution < -0.4 is 5.32 Å². The molecule has 0 aromatic heterocycles. The fourth-order valence-corrected chi connectivity index (χ4v) is 1.49. The zero-order valence-electron chi connectivity index (χ0n) is 9.91. The number of rotatable bonds is 6. The fraction of sp³-hybridized carbons (Fsp3) is 1.00. The molecule has 0 aromatic carbocycles. The molecule has 0 radical (unpaired) electrons. The van der Waals surface area contributed by atoms with Gasteiger partial charge in [0.15, 0.2) is 12.1 Å². The molecule has 5 nitrogen and oxygen atoms in total. The third-order valence-corrected chi connectivity index (χ3v) is 2.28. The van der Waals surface area contributed by atoms with Crippen molar-refractivity contribution in [2.75, 3.05) is 33.9 Å². The van der Waals surface area contributed by atoms with Crippen LogP contribution in [0.5, 0.6) is 0 Å². The van der Waals surface area contributed by atoms with E-state index >= 15 is 0 Å². The lowest BCUT2D eigenvalue weighted by molar-refractivity contribution is -0.138. The molecule has 0 saturated carbocycles. The molecule has 0 bridgehead atoms. The number of nitrogens with one attached hydrogen (secondary N) is 1. The molecule has 1 aliphatic rings. The van der Waals surface area contributed by atoms with E-state index in [1.807, 2.05) is 13.8 Å². The van der Waals surface area contributed by atoms with E-state index in [0.29, 0.717) is 13.2 Å². The highest BCUT2D eigenvalue weighted by Crippen LogP contribution is 2.21. The van der Waals surface area contributed by atoms with Crippen molar-refractivity contribution in [1.82, 2.24) is 5.32 Å². The minimum Gasteiger partial charge on any atom is -0.355 e. The number of methoxy groups -OCH3 is 2. The van der Waals surface area contributed by atoms with Crippen LogP contribution in [0.15, 0.2) is 0 Å². The largest absolute Gasteiger partial charge is 0.355 e. The summed E-state index contributed by atoms with van der Waals surface area (Å²) < 4.78 is 21.2. The first-order chi connectivity index (χ1) is 7.07. The molecule has 0 amide bonds. The van der Waals surface area contributed by atoms with Crippen LogP contribution >= 0.6 is 0 Å². The smallest absolute Gasteiger partial charge is 0.169 e. The lowest BCUT2D eigenvalue weighted by atomic mass is 10.3. The van der Waals surface area contributed by atoms with Crippen LogP contribution in [0.25, 0.3) is 0 Å². The van der Waals surface area contributed by atoms with E-state index in [-0.39, 0.29) is 12.4 Å². The fourth-order valence-electron chi connectivity index (χ4n) is 1.49. The Kier molecular flexibility index (Phi) is 4.95. The molecule has 1 N–H and O–H groups in total. The minimum absolute atomic E-state index is 0.106. The molecule has 1 saturated heterocycles. The summed E-state index contributed by atoms with van der Waals surface area (Å²) >= 11 is 0. The Hall–Kier alpha value is -0.200. The molecule has 0 spiro atoms. The minimum atomic E-state index is -0.450. The monoisotopic (exact) mass is 219 g/mol. The van der Waals surface area contributed by atoms with Crippen molar-refractivity contribution in [2.45, 2.75) is 32.0 Å². The molecule has 5 heteroatoms. The third kappa shape index (κ3) is 4.44. The van der Waals surface area contributed by atoms with Crippen molar-refractivity contribution in [2.24, 2.45) is 0 Å². The first-order valence-corrected chi connectivity index (χ1v) is 5.15. The van der Waals surface area contributed by atoms with Gasteiger partial charge in [-0.3, -0.25) is 0 Å². The van der Waals surface area contributed by atoms with Crippen molar-refractivity contribution in [1.29, 1.82) is 0 Å². The first kappa shape index (κ1) is 12.9. The highest BCUT2D eigenvalue weighted by atomic mass is 16.7. The van der Waals surface area contributed by atoms with Crippen molar-refractivity contribution < 1.29 is 18.9 Å². The zero-order chi connectivity index (χ0) is 11.3. The van der Waals surface area contributed by atoms with E-state index in [1.54, 1.807) is 14.2 Å². The van der Waals surface area contributed by atoms with Crippen molar-refractivity contribution in [3.05, 3.63) is 0 Å². The molecule has 1 fully saturated rings. The summed E-state index contributed by atoms with van der Waals surface area (Å²) in [5.41, 5.74) is 0. The lowest BCUT2D eigenvalue weighted by Crippen LogP contribution is -2.36. The predicted molar refractivity (Wildman–Crippen MR) is 55.6 cm³/mol. The van der Waals surface area contributed by atoms with Crippen LogP contribution in [0.4, 0.5) is 0 Å². The maximum absolute atomic E-state index is 5.63. The van der Waals surface area contributed by atoms with Gasteiger partial charge in [0.05, 0.1) is 12.7 Å². The van der Waals surface area contributed by atoms with Gasteiger partial charge in [0.25, 0.3) is 0 Å². The van der Waals surface area contributed by atoms with Crippen molar-refractivity contribution in [3.8, 4) is 0 Å². The van der Waals surface area contributed by atoms with Gasteiger partial charge in [0.1, 0.15) is 0 Å². The van der Waals surface area contributed by atoms with Crippen LogP contribution in [-0.2, 0) is 18.9 Å². The van der Waals surface area contributed by atoms with Crippen LogP contribution in [0.1, 0.15) is 13.8 Å². The van der Waals surface area contributed by atoms with Gasteiger partial charge in [0, 0.05) is 27.3 Å². The maximum atomic E-state index is 5.63. The Labute approximate surface area is 91.0 Å². The highest BCUT2D eigenvalue weighted by Gasteiger charge is 2.32. The van der Waals surface area contributed by atoms with Gasteiger partial charge < -0.3 is 24.3 Å². The van der Waals surface area contributed by atoms with Gasteiger partial charge in [0.2, 0.25) is 0 Å². The second kappa shape index (κ2) is 5.77. The number of hydrogen-bond acceptors (Lipinski definition) is 5. The van der Waals surface area contributed by atoms with E-state index < -0.39 is 5.79 Å². The topological polar surface area (TPSA) is 49.0 Å². The summed E-state index contributed by atoms with van der Waals surface area (Å²) in [5.74, 6) is -0.450. The Morgan fingerprint density at radius 3 is 2.53 bits per heavy atom. The molecule has 0 aliphatic carbocycles. The van der Waals surface area contributed by atoms with Gasteiger partial charge in [-0.15, -0.1) is 0 Å². The van der Waals surface area contributed by atoms with Gasteiger partial charge in [-0.1, -0.05) is 0 Å². The van der Waals surface area contributed by atoms with Crippen LogP contribution in [0.2, 0.25) is 0 Å². The standard InChI is InChI=1S/C10H21NO4/c1-10(2)14-7-8(15-10)5-11-6-9(12-3)13-4/h8-9,11H,5-7H2,1-4H3. The Bertz CT molecular complexity index is 182. The molecule has 1 rings (SSSR count). The van der Waals surface area contributed by atoms with Crippen LogP contribution in [0.3, 0.4) is 0 Å². The van der Waals surface area contributed by atoms with Gasteiger partial charge in [-0.05, 0) is 13.8 Å². The molecule has 1 heterocycles. The van der Waals surface area contributed by atoms with E-state index in [0.717, 1.165) is 6.54 Å². The van der Waals surface area contributed by atoms with Crippen LogP contribution in [-0.4, -0.2) is 52.1 Å². The molecule has 15 heavy (non-hydrogen) atoms. The third-order valence-electron chi connectivity index (χ3n) is 2.28. The van der Waals surface area contributed by atoms with E-state index in [1.165, 1.54) is 0 Å². The molecule has 1 unspecified atom stereocenters. The highest BCUT2D eigenvalue weighted by molar-refractivity contribution is 4.72. The average molecular weight is 219 g/mol. The van der Waals surface area contributed by atoms with Gasteiger partial charge in [-0.25, -0.2) is 0 Å². The number of hydrogen-bond donors (Lipinski definition) is 1. The Morgan fingerprint density at radius 1 is 1.40 bits per heavy atom. The number of ether oxygens (including phenoxy) is 4. The van der Waals surface area contributed by atoms with E-state index in [9.17, 15) is 0 Å². The summed E-state index contributed by atoms with van der Waals surface area (Å²) in [6, 6.07) is 0.